The van der Waals surface area contributed by atoms with E-state index in [1.165, 1.54) is 6.42 Å². The first-order chi connectivity index (χ1) is 7.28. The molecule has 1 unspecified atom stereocenters. The van der Waals surface area contributed by atoms with Crippen LogP contribution in [0.5, 0.6) is 0 Å². The Hall–Kier alpha value is -0.610. The van der Waals surface area contributed by atoms with Crippen LogP contribution in [0.25, 0.3) is 0 Å². The van der Waals surface area contributed by atoms with Crippen molar-refractivity contribution in [2.24, 2.45) is 13.0 Å². The first kappa shape index (κ1) is 10.9. The standard InChI is InChI=1S/C10H17ClN4/c1-14-7-10(12-13-14)8-15-5-3-9(6-15)2-4-11/h7,9H,2-6,8H2,1H3. The van der Waals surface area contributed by atoms with Crippen LogP contribution >= 0.6 is 11.6 Å². The molecule has 0 bridgehead atoms. The fourth-order valence-corrected chi connectivity index (χ4v) is 2.45. The van der Waals surface area contributed by atoms with Gasteiger partial charge in [-0.05, 0) is 25.3 Å². The predicted molar refractivity (Wildman–Crippen MR) is 59.7 cm³/mol. The second kappa shape index (κ2) is 4.94. The molecule has 0 aliphatic carbocycles. The second-order valence-electron chi connectivity index (χ2n) is 4.25. The minimum atomic E-state index is 0.777. The molecule has 0 spiro atoms. The zero-order valence-electron chi connectivity index (χ0n) is 9.06. The lowest BCUT2D eigenvalue weighted by Crippen LogP contribution is -2.20. The van der Waals surface area contributed by atoms with Gasteiger partial charge in [-0.25, -0.2) is 0 Å². The second-order valence-corrected chi connectivity index (χ2v) is 4.63. The van der Waals surface area contributed by atoms with Gasteiger partial charge < -0.3 is 0 Å². The summed E-state index contributed by atoms with van der Waals surface area (Å²) in [7, 11) is 1.90. The van der Waals surface area contributed by atoms with Crippen molar-refractivity contribution in [3.05, 3.63) is 11.9 Å². The van der Waals surface area contributed by atoms with Crippen molar-refractivity contribution < 1.29 is 0 Å². The maximum atomic E-state index is 5.75. The van der Waals surface area contributed by atoms with Gasteiger partial charge in [0.2, 0.25) is 0 Å². The summed E-state index contributed by atoms with van der Waals surface area (Å²) in [5.74, 6) is 1.56. The fraction of sp³-hybridized carbons (Fsp3) is 0.800. The zero-order chi connectivity index (χ0) is 10.7. The Balaban J connectivity index is 1.82. The van der Waals surface area contributed by atoms with Crippen molar-refractivity contribution in [1.82, 2.24) is 19.9 Å². The highest BCUT2D eigenvalue weighted by molar-refractivity contribution is 6.17. The predicted octanol–water partition coefficient (Wildman–Crippen LogP) is 1.27. The summed E-state index contributed by atoms with van der Waals surface area (Å²) in [6.07, 6.45) is 4.39. The maximum Gasteiger partial charge on any atom is 0.0967 e. The van der Waals surface area contributed by atoms with Crippen LogP contribution in [0, 0.1) is 5.92 Å². The lowest BCUT2D eigenvalue weighted by molar-refractivity contribution is 0.311. The highest BCUT2D eigenvalue weighted by atomic mass is 35.5. The molecule has 5 heteroatoms. The average Bonchev–Trinajstić information content (AvgIpc) is 2.78. The minimum absolute atomic E-state index is 0.777. The van der Waals surface area contributed by atoms with Gasteiger partial charge in [-0.3, -0.25) is 9.58 Å². The quantitative estimate of drug-likeness (QED) is 0.728. The van der Waals surface area contributed by atoms with Crippen LogP contribution in [0.3, 0.4) is 0 Å². The fourth-order valence-electron chi connectivity index (χ4n) is 2.14. The number of likely N-dealkylation sites (tertiary alicyclic amines) is 1. The van der Waals surface area contributed by atoms with Crippen molar-refractivity contribution in [3.63, 3.8) is 0 Å². The molecule has 1 atom stereocenters. The number of rotatable bonds is 4. The van der Waals surface area contributed by atoms with Crippen LogP contribution in [0.2, 0.25) is 0 Å². The average molecular weight is 229 g/mol. The van der Waals surface area contributed by atoms with E-state index in [9.17, 15) is 0 Å². The molecule has 1 aliphatic rings. The molecule has 0 aromatic carbocycles. The van der Waals surface area contributed by atoms with Gasteiger partial charge in [-0.1, -0.05) is 5.21 Å². The van der Waals surface area contributed by atoms with E-state index in [4.69, 9.17) is 11.6 Å². The first-order valence-electron chi connectivity index (χ1n) is 5.41. The zero-order valence-corrected chi connectivity index (χ0v) is 9.82. The number of aryl methyl sites for hydroxylation is 1. The van der Waals surface area contributed by atoms with Crippen molar-refractivity contribution in [2.45, 2.75) is 19.4 Å². The van der Waals surface area contributed by atoms with Gasteiger partial charge in [0.25, 0.3) is 0 Å². The molecular formula is C10H17ClN4. The third-order valence-corrected chi connectivity index (χ3v) is 3.14. The smallest absolute Gasteiger partial charge is 0.0967 e. The monoisotopic (exact) mass is 228 g/mol. The minimum Gasteiger partial charge on any atom is -0.297 e. The van der Waals surface area contributed by atoms with Crippen LogP contribution in [0.4, 0.5) is 0 Å². The topological polar surface area (TPSA) is 34.0 Å². The number of aromatic nitrogens is 3. The Kier molecular flexibility index (Phi) is 3.59. The Morgan fingerprint density at radius 1 is 1.60 bits per heavy atom. The van der Waals surface area contributed by atoms with Crippen LogP contribution < -0.4 is 0 Å². The lowest BCUT2D eigenvalue weighted by atomic mass is 10.1. The molecule has 2 rings (SSSR count). The summed E-state index contributed by atoms with van der Waals surface area (Å²) in [5, 5.41) is 8.03. The third kappa shape index (κ3) is 2.92. The van der Waals surface area contributed by atoms with Crippen molar-refractivity contribution in [1.29, 1.82) is 0 Å². The maximum absolute atomic E-state index is 5.75. The van der Waals surface area contributed by atoms with E-state index >= 15 is 0 Å². The van der Waals surface area contributed by atoms with Crippen molar-refractivity contribution in [2.75, 3.05) is 19.0 Å². The first-order valence-corrected chi connectivity index (χ1v) is 5.95. The van der Waals surface area contributed by atoms with E-state index in [0.29, 0.717) is 0 Å². The van der Waals surface area contributed by atoms with Crippen molar-refractivity contribution in [3.8, 4) is 0 Å². The van der Waals surface area contributed by atoms with Gasteiger partial charge in [0.15, 0.2) is 0 Å². The molecule has 1 aliphatic heterocycles. The van der Waals surface area contributed by atoms with Crippen molar-refractivity contribution >= 4 is 11.6 Å². The van der Waals surface area contributed by atoms with Crippen LogP contribution in [-0.2, 0) is 13.6 Å². The molecule has 0 amide bonds. The molecule has 0 radical (unpaired) electrons. The molecular weight excluding hydrogens is 212 g/mol. The van der Waals surface area contributed by atoms with Gasteiger partial charge in [-0.2, -0.15) is 0 Å². The van der Waals surface area contributed by atoms with E-state index in [0.717, 1.165) is 43.5 Å². The summed E-state index contributed by atoms with van der Waals surface area (Å²) in [6.45, 7) is 3.24. The third-order valence-electron chi connectivity index (χ3n) is 2.92. The molecule has 1 aromatic rings. The van der Waals surface area contributed by atoms with E-state index in [-0.39, 0.29) is 0 Å². The Morgan fingerprint density at radius 3 is 3.13 bits per heavy atom. The molecule has 1 aromatic heterocycles. The highest BCUT2D eigenvalue weighted by Gasteiger charge is 2.22. The molecule has 15 heavy (non-hydrogen) atoms. The number of alkyl halides is 1. The Labute approximate surface area is 95.2 Å². The number of hydrogen-bond donors (Lipinski definition) is 0. The highest BCUT2D eigenvalue weighted by Crippen LogP contribution is 2.21. The summed E-state index contributed by atoms with van der Waals surface area (Å²) in [5.41, 5.74) is 1.06. The molecule has 1 saturated heterocycles. The molecule has 2 heterocycles. The van der Waals surface area contributed by atoms with Crippen LogP contribution in [0.1, 0.15) is 18.5 Å². The van der Waals surface area contributed by atoms with Gasteiger partial charge in [0, 0.05) is 32.2 Å². The summed E-state index contributed by atoms with van der Waals surface area (Å²) < 4.78 is 1.75. The molecule has 0 saturated carbocycles. The molecule has 84 valence electrons. The van der Waals surface area contributed by atoms with E-state index in [1.807, 2.05) is 13.2 Å². The van der Waals surface area contributed by atoms with E-state index in [2.05, 4.69) is 15.2 Å². The van der Waals surface area contributed by atoms with Gasteiger partial charge >= 0.3 is 0 Å². The molecule has 4 nitrogen and oxygen atoms in total. The molecule has 0 N–H and O–H groups in total. The summed E-state index contributed by atoms with van der Waals surface area (Å²) in [4.78, 5) is 2.43. The van der Waals surface area contributed by atoms with Crippen LogP contribution in [0.15, 0.2) is 6.20 Å². The summed E-state index contributed by atoms with van der Waals surface area (Å²) in [6, 6.07) is 0. The van der Waals surface area contributed by atoms with Gasteiger partial charge in [0.05, 0.1) is 5.69 Å². The number of nitrogens with zero attached hydrogens (tertiary/aromatic N) is 4. The Morgan fingerprint density at radius 2 is 2.47 bits per heavy atom. The molecule has 1 fully saturated rings. The summed E-state index contributed by atoms with van der Waals surface area (Å²) >= 11 is 5.75. The largest absolute Gasteiger partial charge is 0.297 e. The van der Waals surface area contributed by atoms with Gasteiger partial charge in [-0.15, -0.1) is 16.7 Å². The lowest BCUT2D eigenvalue weighted by Gasteiger charge is -2.13. The van der Waals surface area contributed by atoms with Crippen LogP contribution in [-0.4, -0.2) is 38.9 Å². The van der Waals surface area contributed by atoms with E-state index in [1.54, 1.807) is 4.68 Å². The van der Waals surface area contributed by atoms with E-state index < -0.39 is 0 Å². The number of hydrogen-bond acceptors (Lipinski definition) is 3. The normalized spacial score (nSPS) is 22.4. The SMILES string of the molecule is Cn1cc(CN2CCC(CCCl)C2)nn1. The Bertz CT molecular complexity index is 312. The number of halogens is 1. The van der Waals surface area contributed by atoms with Gasteiger partial charge in [0.1, 0.15) is 0 Å².